The summed E-state index contributed by atoms with van der Waals surface area (Å²) in [7, 11) is 0. The quantitative estimate of drug-likeness (QED) is 0.557. The molecule has 0 atom stereocenters. The largest absolute Gasteiger partial charge is 0.453 e. The lowest BCUT2D eigenvalue weighted by atomic mass is 10.2. The zero-order valence-electron chi connectivity index (χ0n) is 14.4. The van der Waals surface area contributed by atoms with E-state index in [1.165, 1.54) is 22.7 Å². The van der Waals surface area contributed by atoms with Gasteiger partial charge >= 0.3 is 5.97 Å². The van der Waals surface area contributed by atoms with Crippen LogP contribution in [0.25, 0.3) is 0 Å². The molecule has 1 aliphatic rings. The molecule has 0 saturated carbocycles. The minimum Gasteiger partial charge on any atom is -0.453 e. The van der Waals surface area contributed by atoms with Crippen LogP contribution in [0.4, 0.5) is 0 Å². The predicted octanol–water partition coefficient (Wildman–Crippen LogP) is 2.56. The molecule has 0 radical (unpaired) electrons. The van der Waals surface area contributed by atoms with Crippen LogP contribution in [0.1, 0.15) is 29.1 Å². The van der Waals surface area contributed by atoms with Crippen LogP contribution in [0, 0.1) is 6.92 Å². The lowest BCUT2D eigenvalue weighted by molar-refractivity contribution is -0.134. The number of rotatable bonds is 6. The summed E-state index contributed by atoms with van der Waals surface area (Å²) in [4.78, 5) is 40.9. The SMILES string of the molecule is Cc1ccc(C(=O)OCC(=O)c2ccc(CC(=O)N3CCOCC3)s2)s1. The van der Waals surface area contributed by atoms with Crippen molar-refractivity contribution in [2.24, 2.45) is 0 Å². The molecule has 1 aliphatic heterocycles. The summed E-state index contributed by atoms with van der Waals surface area (Å²) in [5.41, 5.74) is 0. The fourth-order valence-electron chi connectivity index (χ4n) is 2.51. The summed E-state index contributed by atoms with van der Waals surface area (Å²) in [6.45, 7) is 3.94. The van der Waals surface area contributed by atoms with E-state index in [-0.39, 0.29) is 24.7 Å². The average molecular weight is 393 g/mol. The molecular weight excluding hydrogens is 374 g/mol. The third-order valence-corrected chi connectivity index (χ3v) is 6.01. The van der Waals surface area contributed by atoms with E-state index in [0.717, 1.165) is 9.75 Å². The Kier molecular flexibility index (Phi) is 6.18. The lowest BCUT2D eigenvalue weighted by Crippen LogP contribution is -2.41. The highest BCUT2D eigenvalue weighted by Gasteiger charge is 2.19. The Hall–Kier alpha value is -2.03. The van der Waals surface area contributed by atoms with Gasteiger partial charge < -0.3 is 14.4 Å². The van der Waals surface area contributed by atoms with Gasteiger partial charge in [0.1, 0.15) is 4.88 Å². The molecule has 0 aliphatic carbocycles. The van der Waals surface area contributed by atoms with E-state index < -0.39 is 5.97 Å². The smallest absolute Gasteiger partial charge is 0.348 e. The molecule has 2 aromatic rings. The molecule has 26 heavy (non-hydrogen) atoms. The molecule has 138 valence electrons. The Labute approximate surface area is 159 Å². The molecule has 0 N–H and O–H groups in total. The van der Waals surface area contributed by atoms with Gasteiger partial charge in [-0.1, -0.05) is 0 Å². The normalized spacial score (nSPS) is 14.3. The summed E-state index contributed by atoms with van der Waals surface area (Å²) in [5, 5.41) is 0. The Morgan fingerprint density at radius 3 is 2.50 bits per heavy atom. The van der Waals surface area contributed by atoms with Crippen molar-refractivity contribution in [3.8, 4) is 0 Å². The third kappa shape index (κ3) is 4.78. The minimum atomic E-state index is -0.490. The zero-order chi connectivity index (χ0) is 18.5. The van der Waals surface area contributed by atoms with Gasteiger partial charge in [0.2, 0.25) is 11.7 Å². The number of ketones is 1. The number of Topliss-reactive ketones (excluding diaryl/α,β-unsaturated/α-hetero) is 1. The molecule has 0 bridgehead atoms. The molecule has 3 rings (SSSR count). The second-order valence-electron chi connectivity index (χ2n) is 5.85. The summed E-state index contributed by atoms with van der Waals surface area (Å²) in [5.74, 6) is -0.717. The van der Waals surface area contributed by atoms with Crippen LogP contribution < -0.4 is 0 Å². The molecule has 1 saturated heterocycles. The van der Waals surface area contributed by atoms with E-state index in [0.29, 0.717) is 36.1 Å². The van der Waals surface area contributed by atoms with E-state index in [9.17, 15) is 14.4 Å². The fraction of sp³-hybridized carbons (Fsp3) is 0.389. The van der Waals surface area contributed by atoms with Crippen molar-refractivity contribution in [3.63, 3.8) is 0 Å². The van der Waals surface area contributed by atoms with Crippen LogP contribution in [-0.2, 0) is 20.7 Å². The van der Waals surface area contributed by atoms with Gasteiger partial charge in [0, 0.05) is 22.8 Å². The van der Waals surface area contributed by atoms with E-state index in [1.807, 2.05) is 13.0 Å². The van der Waals surface area contributed by atoms with Crippen molar-refractivity contribution in [2.75, 3.05) is 32.9 Å². The van der Waals surface area contributed by atoms with Crippen molar-refractivity contribution in [3.05, 3.63) is 43.8 Å². The summed E-state index contributed by atoms with van der Waals surface area (Å²) >= 11 is 2.60. The minimum absolute atomic E-state index is 0.0358. The third-order valence-electron chi connectivity index (χ3n) is 3.90. The van der Waals surface area contributed by atoms with Crippen LogP contribution in [0.15, 0.2) is 24.3 Å². The Morgan fingerprint density at radius 1 is 1.08 bits per heavy atom. The fourth-order valence-corrected chi connectivity index (χ4v) is 4.20. The van der Waals surface area contributed by atoms with Gasteiger partial charge in [0.15, 0.2) is 6.61 Å². The van der Waals surface area contributed by atoms with Gasteiger partial charge in [-0.05, 0) is 31.2 Å². The maximum Gasteiger partial charge on any atom is 0.348 e. The Balaban J connectivity index is 1.51. The molecule has 0 aromatic carbocycles. The highest BCUT2D eigenvalue weighted by Crippen LogP contribution is 2.20. The van der Waals surface area contributed by atoms with Crippen LogP contribution in [-0.4, -0.2) is 55.5 Å². The Bertz CT molecular complexity index is 804. The number of ether oxygens (including phenoxy) is 2. The molecule has 2 aromatic heterocycles. The highest BCUT2D eigenvalue weighted by atomic mass is 32.1. The van der Waals surface area contributed by atoms with Crippen molar-refractivity contribution >= 4 is 40.3 Å². The molecule has 0 spiro atoms. The van der Waals surface area contributed by atoms with Crippen LogP contribution in [0.5, 0.6) is 0 Å². The molecule has 0 unspecified atom stereocenters. The number of amides is 1. The number of hydrogen-bond acceptors (Lipinski definition) is 7. The van der Waals surface area contributed by atoms with E-state index in [2.05, 4.69) is 0 Å². The number of aryl methyl sites for hydroxylation is 1. The zero-order valence-corrected chi connectivity index (χ0v) is 16.0. The number of carbonyl (C=O) groups is 3. The van der Waals surface area contributed by atoms with Crippen LogP contribution in [0.2, 0.25) is 0 Å². The topological polar surface area (TPSA) is 72.9 Å². The number of nitrogens with zero attached hydrogens (tertiary/aromatic N) is 1. The Morgan fingerprint density at radius 2 is 1.81 bits per heavy atom. The number of thiophene rings is 2. The van der Waals surface area contributed by atoms with Gasteiger partial charge in [0.25, 0.3) is 0 Å². The number of morpholine rings is 1. The first-order valence-corrected chi connectivity index (χ1v) is 9.87. The first-order chi connectivity index (χ1) is 12.5. The lowest BCUT2D eigenvalue weighted by Gasteiger charge is -2.26. The van der Waals surface area contributed by atoms with Gasteiger partial charge in [-0.25, -0.2) is 4.79 Å². The second-order valence-corrected chi connectivity index (χ2v) is 8.30. The monoisotopic (exact) mass is 393 g/mol. The standard InChI is InChI=1S/C18H19NO5S2/c1-12-2-4-16(25-12)18(22)24-11-14(20)15-5-3-13(26-15)10-17(21)19-6-8-23-9-7-19/h2-5H,6-11H2,1H3. The van der Waals surface area contributed by atoms with Crippen molar-refractivity contribution in [1.82, 2.24) is 4.90 Å². The van der Waals surface area contributed by atoms with Gasteiger partial charge in [0.05, 0.1) is 24.5 Å². The molecule has 1 amide bonds. The average Bonchev–Trinajstić information content (AvgIpc) is 3.29. The van der Waals surface area contributed by atoms with E-state index in [4.69, 9.17) is 9.47 Å². The van der Waals surface area contributed by atoms with Crippen molar-refractivity contribution < 1.29 is 23.9 Å². The van der Waals surface area contributed by atoms with Gasteiger partial charge in [-0.15, -0.1) is 22.7 Å². The molecular formula is C18H19NO5S2. The highest BCUT2D eigenvalue weighted by molar-refractivity contribution is 7.14. The van der Waals surface area contributed by atoms with Crippen LogP contribution >= 0.6 is 22.7 Å². The molecule has 3 heterocycles. The van der Waals surface area contributed by atoms with Crippen molar-refractivity contribution in [2.45, 2.75) is 13.3 Å². The summed E-state index contributed by atoms with van der Waals surface area (Å²) in [6.07, 6.45) is 0.270. The number of esters is 1. The maximum atomic E-state index is 12.2. The number of carbonyl (C=O) groups excluding carboxylic acids is 3. The first-order valence-electron chi connectivity index (χ1n) is 8.24. The van der Waals surface area contributed by atoms with Crippen molar-refractivity contribution in [1.29, 1.82) is 0 Å². The first kappa shape index (κ1) is 18.8. The summed E-state index contributed by atoms with van der Waals surface area (Å²) in [6, 6.07) is 6.98. The van der Waals surface area contributed by atoms with Gasteiger partial charge in [-0.3, -0.25) is 9.59 Å². The van der Waals surface area contributed by atoms with Crippen LogP contribution in [0.3, 0.4) is 0 Å². The molecule has 8 heteroatoms. The molecule has 1 fully saturated rings. The number of hydrogen-bond donors (Lipinski definition) is 0. The summed E-state index contributed by atoms with van der Waals surface area (Å²) < 4.78 is 10.3. The van der Waals surface area contributed by atoms with Gasteiger partial charge in [-0.2, -0.15) is 0 Å². The van der Waals surface area contributed by atoms with E-state index >= 15 is 0 Å². The second kappa shape index (κ2) is 8.57. The predicted molar refractivity (Wildman–Crippen MR) is 99.1 cm³/mol. The maximum absolute atomic E-state index is 12.2. The molecule has 6 nitrogen and oxygen atoms in total. The van der Waals surface area contributed by atoms with E-state index in [1.54, 1.807) is 23.1 Å².